The SMILES string of the molecule is O=C(NC1CCN(C(=O)c2ccccc2)CC1)[C@H]1CS[C@H](Cc2ccccc2F)C(=O)N1. The maximum Gasteiger partial charge on any atom is 0.253 e. The van der Waals surface area contributed by atoms with Crippen LogP contribution in [0.15, 0.2) is 54.6 Å². The minimum atomic E-state index is -0.603. The summed E-state index contributed by atoms with van der Waals surface area (Å²) in [4.78, 5) is 39.5. The molecule has 0 radical (unpaired) electrons. The Morgan fingerprint density at radius 1 is 1.06 bits per heavy atom. The van der Waals surface area contributed by atoms with Crippen LogP contribution in [0.5, 0.6) is 0 Å². The van der Waals surface area contributed by atoms with Gasteiger partial charge in [-0.3, -0.25) is 14.4 Å². The molecule has 168 valence electrons. The highest BCUT2D eigenvalue weighted by atomic mass is 32.2. The van der Waals surface area contributed by atoms with Crippen molar-refractivity contribution >= 4 is 29.5 Å². The van der Waals surface area contributed by atoms with Crippen molar-refractivity contribution in [3.05, 3.63) is 71.5 Å². The summed E-state index contributed by atoms with van der Waals surface area (Å²) >= 11 is 1.38. The number of hydrogen-bond donors (Lipinski definition) is 2. The summed E-state index contributed by atoms with van der Waals surface area (Å²) in [6.45, 7) is 1.16. The molecule has 2 N–H and O–H groups in total. The van der Waals surface area contributed by atoms with E-state index in [2.05, 4.69) is 10.6 Å². The minimum absolute atomic E-state index is 0.00668. The van der Waals surface area contributed by atoms with Gasteiger partial charge < -0.3 is 15.5 Å². The van der Waals surface area contributed by atoms with Crippen molar-refractivity contribution in [2.24, 2.45) is 0 Å². The van der Waals surface area contributed by atoms with Gasteiger partial charge in [0.2, 0.25) is 11.8 Å². The molecule has 2 aliphatic heterocycles. The summed E-state index contributed by atoms with van der Waals surface area (Å²) in [7, 11) is 0. The summed E-state index contributed by atoms with van der Waals surface area (Å²) in [6, 6.07) is 15.0. The third-order valence-corrected chi connectivity index (χ3v) is 7.21. The fraction of sp³-hybridized carbons (Fsp3) is 0.375. The van der Waals surface area contributed by atoms with Crippen LogP contribution >= 0.6 is 11.8 Å². The minimum Gasteiger partial charge on any atom is -0.351 e. The van der Waals surface area contributed by atoms with Crippen molar-refractivity contribution in [2.45, 2.75) is 36.6 Å². The molecule has 32 heavy (non-hydrogen) atoms. The van der Waals surface area contributed by atoms with Gasteiger partial charge in [-0.15, -0.1) is 11.8 Å². The van der Waals surface area contributed by atoms with Crippen LogP contribution in [0.3, 0.4) is 0 Å². The lowest BCUT2D eigenvalue weighted by atomic mass is 10.0. The lowest BCUT2D eigenvalue weighted by Gasteiger charge is -2.34. The molecule has 0 saturated carbocycles. The normalized spacial score (nSPS) is 21.7. The van der Waals surface area contributed by atoms with E-state index in [1.165, 1.54) is 17.8 Å². The van der Waals surface area contributed by atoms with E-state index in [0.717, 1.165) is 0 Å². The molecule has 0 unspecified atom stereocenters. The predicted molar refractivity (Wildman–Crippen MR) is 122 cm³/mol. The first kappa shape index (κ1) is 22.3. The number of nitrogens with one attached hydrogen (secondary N) is 2. The molecule has 4 rings (SSSR count). The fourth-order valence-corrected chi connectivity index (χ4v) is 5.22. The van der Waals surface area contributed by atoms with Gasteiger partial charge in [0.1, 0.15) is 11.9 Å². The van der Waals surface area contributed by atoms with Crippen molar-refractivity contribution in [2.75, 3.05) is 18.8 Å². The van der Waals surface area contributed by atoms with Crippen molar-refractivity contribution in [3.8, 4) is 0 Å². The van der Waals surface area contributed by atoms with Crippen molar-refractivity contribution in [1.82, 2.24) is 15.5 Å². The Morgan fingerprint density at radius 2 is 1.75 bits per heavy atom. The molecule has 2 aromatic rings. The number of amides is 3. The molecule has 0 spiro atoms. The van der Waals surface area contributed by atoms with Crippen LogP contribution in [-0.2, 0) is 16.0 Å². The second-order valence-corrected chi connectivity index (χ2v) is 9.36. The second kappa shape index (κ2) is 10.2. The number of piperidine rings is 1. The highest BCUT2D eigenvalue weighted by Gasteiger charge is 2.34. The Labute approximate surface area is 190 Å². The van der Waals surface area contributed by atoms with Gasteiger partial charge in [-0.25, -0.2) is 4.39 Å². The lowest BCUT2D eigenvalue weighted by Crippen LogP contribution is -2.57. The molecular weight excluding hydrogens is 429 g/mol. The Morgan fingerprint density at radius 3 is 2.44 bits per heavy atom. The average molecular weight is 456 g/mol. The van der Waals surface area contributed by atoms with E-state index in [1.54, 1.807) is 30.3 Å². The average Bonchev–Trinajstić information content (AvgIpc) is 2.82. The van der Waals surface area contributed by atoms with Gasteiger partial charge in [0.15, 0.2) is 0 Å². The number of carbonyl (C=O) groups is 3. The number of likely N-dealkylation sites (tertiary alicyclic amines) is 1. The number of thioether (sulfide) groups is 1. The predicted octanol–water partition coefficient (Wildman–Crippen LogP) is 2.39. The van der Waals surface area contributed by atoms with Crippen molar-refractivity contribution in [1.29, 1.82) is 0 Å². The first-order chi connectivity index (χ1) is 15.5. The van der Waals surface area contributed by atoms with Crippen molar-refractivity contribution < 1.29 is 18.8 Å². The molecule has 2 saturated heterocycles. The highest BCUT2D eigenvalue weighted by Crippen LogP contribution is 2.23. The van der Waals surface area contributed by atoms with Gasteiger partial charge in [0, 0.05) is 30.4 Å². The number of rotatable bonds is 5. The summed E-state index contributed by atoms with van der Waals surface area (Å²) < 4.78 is 13.9. The van der Waals surface area contributed by atoms with Gasteiger partial charge in [-0.05, 0) is 43.0 Å². The Bertz CT molecular complexity index is 979. The smallest absolute Gasteiger partial charge is 0.253 e. The number of halogens is 1. The third kappa shape index (κ3) is 5.30. The largest absolute Gasteiger partial charge is 0.351 e. The molecule has 2 aromatic carbocycles. The molecule has 6 nitrogen and oxygen atoms in total. The molecule has 2 fully saturated rings. The topological polar surface area (TPSA) is 78.5 Å². The number of nitrogens with zero attached hydrogens (tertiary/aromatic N) is 1. The molecule has 0 aliphatic carbocycles. The highest BCUT2D eigenvalue weighted by molar-refractivity contribution is 8.00. The van der Waals surface area contributed by atoms with Gasteiger partial charge in [0.05, 0.1) is 5.25 Å². The molecule has 0 bridgehead atoms. The molecule has 0 aromatic heterocycles. The molecule has 8 heteroatoms. The van der Waals surface area contributed by atoms with E-state index in [9.17, 15) is 18.8 Å². The van der Waals surface area contributed by atoms with E-state index < -0.39 is 11.3 Å². The number of hydrogen-bond acceptors (Lipinski definition) is 4. The molecule has 3 amide bonds. The van der Waals surface area contributed by atoms with E-state index in [-0.39, 0.29) is 29.6 Å². The Kier molecular flexibility index (Phi) is 7.09. The van der Waals surface area contributed by atoms with E-state index >= 15 is 0 Å². The van der Waals surface area contributed by atoms with E-state index in [1.807, 2.05) is 23.1 Å². The zero-order valence-electron chi connectivity index (χ0n) is 17.6. The summed E-state index contributed by atoms with van der Waals surface area (Å²) in [5.41, 5.74) is 1.17. The Hall–Kier alpha value is -2.87. The number of benzene rings is 2. The first-order valence-electron chi connectivity index (χ1n) is 10.8. The van der Waals surface area contributed by atoms with Crippen LogP contribution in [-0.4, -0.2) is 58.8 Å². The van der Waals surface area contributed by atoms with Crippen LogP contribution in [0, 0.1) is 5.82 Å². The van der Waals surface area contributed by atoms with Crippen LogP contribution in [0.1, 0.15) is 28.8 Å². The maximum atomic E-state index is 13.9. The second-order valence-electron chi connectivity index (χ2n) is 8.12. The van der Waals surface area contributed by atoms with Gasteiger partial charge in [-0.1, -0.05) is 36.4 Å². The third-order valence-electron chi connectivity index (χ3n) is 5.90. The van der Waals surface area contributed by atoms with Gasteiger partial charge in [0.25, 0.3) is 5.91 Å². The Balaban J connectivity index is 1.23. The number of carbonyl (C=O) groups excluding carboxylic acids is 3. The summed E-state index contributed by atoms with van der Waals surface area (Å²) in [5.74, 6) is -0.316. The standard InChI is InChI=1S/C24H26FN3O3S/c25-19-9-5-4-8-17(19)14-21-23(30)27-20(15-32-21)22(29)26-18-10-12-28(13-11-18)24(31)16-6-2-1-3-7-16/h1-9,18,20-21H,10-15H2,(H,26,29)(H,27,30)/t20-,21-/m1/s1. The van der Waals surface area contributed by atoms with Crippen LogP contribution in [0.4, 0.5) is 4.39 Å². The van der Waals surface area contributed by atoms with E-state index in [4.69, 9.17) is 0 Å². The monoisotopic (exact) mass is 455 g/mol. The van der Waals surface area contributed by atoms with Crippen molar-refractivity contribution in [3.63, 3.8) is 0 Å². The lowest BCUT2D eigenvalue weighted by molar-refractivity contribution is -0.129. The summed E-state index contributed by atoms with van der Waals surface area (Å²) in [6.07, 6.45) is 1.65. The zero-order valence-corrected chi connectivity index (χ0v) is 18.4. The quantitative estimate of drug-likeness (QED) is 0.726. The van der Waals surface area contributed by atoms with Gasteiger partial charge in [-0.2, -0.15) is 0 Å². The van der Waals surface area contributed by atoms with Crippen LogP contribution in [0.2, 0.25) is 0 Å². The molecular formula is C24H26FN3O3S. The fourth-order valence-electron chi connectivity index (χ4n) is 4.04. The zero-order chi connectivity index (χ0) is 22.5. The maximum absolute atomic E-state index is 13.9. The van der Waals surface area contributed by atoms with Crippen LogP contribution in [0.25, 0.3) is 0 Å². The molecule has 2 heterocycles. The molecule has 2 aliphatic rings. The van der Waals surface area contributed by atoms with Crippen LogP contribution < -0.4 is 10.6 Å². The van der Waals surface area contributed by atoms with Gasteiger partial charge >= 0.3 is 0 Å². The first-order valence-corrected chi connectivity index (χ1v) is 11.9. The molecule has 2 atom stereocenters. The summed E-state index contributed by atoms with van der Waals surface area (Å²) in [5, 5.41) is 5.39. The van der Waals surface area contributed by atoms with E-state index in [0.29, 0.717) is 49.2 Å².